The lowest BCUT2D eigenvalue weighted by atomic mass is 10.1. The third kappa shape index (κ3) is 8.14. The molecule has 0 unspecified atom stereocenters. The molecular weight excluding hydrogens is 416 g/mol. The average molecular weight is 440 g/mol. The Kier molecular flexibility index (Phi) is 8.95. The monoisotopic (exact) mass is 438 g/mol. The quantitative estimate of drug-likeness (QED) is 0.336. The summed E-state index contributed by atoms with van der Waals surface area (Å²) in [4.78, 5) is 0.961. The lowest BCUT2D eigenvalue weighted by Gasteiger charge is -2.12. The van der Waals surface area contributed by atoms with Gasteiger partial charge in [0.2, 0.25) is 0 Å². The number of ether oxygens (including phenoxy) is 1. The number of halogens is 2. The number of alkyl halides is 2. The van der Waals surface area contributed by atoms with Gasteiger partial charge < -0.3 is 4.74 Å². The highest BCUT2D eigenvalue weighted by Gasteiger charge is 2.07. The summed E-state index contributed by atoms with van der Waals surface area (Å²) < 4.78 is 5.79. The van der Waals surface area contributed by atoms with Crippen LogP contribution < -0.4 is 0 Å². The first-order chi connectivity index (χ1) is 11.2. The Balaban J connectivity index is 1.53. The van der Waals surface area contributed by atoms with Crippen molar-refractivity contribution in [2.45, 2.75) is 35.3 Å². The summed E-state index contributed by atoms with van der Waals surface area (Å²) in [7, 11) is 0. The van der Waals surface area contributed by atoms with E-state index in [1.54, 1.807) is 0 Å². The summed E-state index contributed by atoms with van der Waals surface area (Å²) in [6.07, 6.45) is 4.19. The van der Waals surface area contributed by atoms with Crippen molar-refractivity contribution in [3.05, 3.63) is 71.8 Å². The second kappa shape index (κ2) is 11.0. The molecule has 0 fully saturated rings. The van der Waals surface area contributed by atoms with Crippen LogP contribution in [0.15, 0.2) is 60.7 Å². The molecule has 0 aromatic heterocycles. The molecule has 0 saturated carbocycles. The molecule has 124 valence electrons. The maximum absolute atomic E-state index is 5.79. The van der Waals surface area contributed by atoms with Crippen LogP contribution in [0.3, 0.4) is 0 Å². The van der Waals surface area contributed by atoms with E-state index in [1.807, 2.05) is 0 Å². The van der Waals surface area contributed by atoms with Crippen molar-refractivity contribution in [1.82, 2.24) is 0 Å². The van der Waals surface area contributed by atoms with Crippen molar-refractivity contribution in [3.63, 3.8) is 0 Å². The van der Waals surface area contributed by atoms with Crippen molar-refractivity contribution in [3.8, 4) is 0 Å². The molecule has 0 amide bonds. The van der Waals surface area contributed by atoms with Crippen LogP contribution >= 0.6 is 31.9 Å². The summed E-state index contributed by atoms with van der Waals surface area (Å²) in [5.41, 5.74) is 2.75. The van der Waals surface area contributed by atoms with Crippen LogP contribution in [0, 0.1) is 0 Å². The molecule has 0 heterocycles. The van der Waals surface area contributed by atoms with Gasteiger partial charge in [0.05, 0.1) is 0 Å². The number of benzene rings is 2. The standard InChI is InChI=1S/C20H24Br2O/c21-19(15-17-7-3-1-4-8-17)11-13-23-14-12-20(22)16-18-9-5-2-6-10-18/h1-10,19-20H,11-16H2/t19-,20-/m0/s1. The Hall–Kier alpha value is -0.640. The van der Waals surface area contributed by atoms with Crippen LogP contribution in [-0.4, -0.2) is 22.9 Å². The summed E-state index contributed by atoms with van der Waals surface area (Å²) in [5, 5.41) is 0. The normalized spacial score (nSPS) is 13.7. The summed E-state index contributed by atoms with van der Waals surface area (Å²) in [6.45, 7) is 1.63. The van der Waals surface area contributed by atoms with E-state index < -0.39 is 0 Å². The molecule has 3 heteroatoms. The van der Waals surface area contributed by atoms with Crippen LogP contribution in [0.4, 0.5) is 0 Å². The average Bonchev–Trinajstić information content (AvgIpc) is 2.56. The number of hydrogen-bond donors (Lipinski definition) is 0. The van der Waals surface area contributed by atoms with Gasteiger partial charge in [-0.2, -0.15) is 0 Å². The Labute approximate surface area is 156 Å². The van der Waals surface area contributed by atoms with E-state index in [0.717, 1.165) is 38.9 Å². The van der Waals surface area contributed by atoms with Crippen molar-refractivity contribution in [2.75, 3.05) is 13.2 Å². The van der Waals surface area contributed by atoms with Crippen LogP contribution in [0.25, 0.3) is 0 Å². The highest BCUT2D eigenvalue weighted by atomic mass is 79.9. The number of hydrogen-bond acceptors (Lipinski definition) is 1. The second-order valence-electron chi connectivity index (χ2n) is 5.76. The van der Waals surface area contributed by atoms with Crippen LogP contribution in [0.1, 0.15) is 24.0 Å². The van der Waals surface area contributed by atoms with E-state index in [-0.39, 0.29) is 0 Å². The molecule has 0 saturated heterocycles. The highest BCUT2D eigenvalue weighted by molar-refractivity contribution is 9.09. The van der Waals surface area contributed by atoms with E-state index in [2.05, 4.69) is 92.5 Å². The first-order valence-electron chi connectivity index (χ1n) is 8.18. The van der Waals surface area contributed by atoms with Crippen molar-refractivity contribution in [2.24, 2.45) is 0 Å². The fourth-order valence-electron chi connectivity index (χ4n) is 2.47. The van der Waals surface area contributed by atoms with E-state index in [0.29, 0.717) is 9.65 Å². The molecule has 0 radical (unpaired) electrons. The summed E-state index contributed by atoms with van der Waals surface area (Å²) in [6, 6.07) is 21.2. The molecule has 0 bridgehead atoms. The van der Waals surface area contributed by atoms with E-state index in [9.17, 15) is 0 Å². The molecule has 0 spiro atoms. The zero-order chi connectivity index (χ0) is 16.3. The van der Waals surface area contributed by atoms with Gasteiger partial charge in [0.15, 0.2) is 0 Å². The molecule has 0 aliphatic carbocycles. The lowest BCUT2D eigenvalue weighted by Crippen LogP contribution is -2.11. The predicted molar refractivity (Wildman–Crippen MR) is 106 cm³/mol. The molecule has 0 aliphatic heterocycles. The zero-order valence-corrected chi connectivity index (χ0v) is 16.5. The van der Waals surface area contributed by atoms with Gasteiger partial charge in [-0.05, 0) is 36.8 Å². The summed E-state index contributed by atoms with van der Waals surface area (Å²) >= 11 is 7.50. The Morgan fingerprint density at radius 1 is 0.652 bits per heavy atom. The van der Waals surface area contributed by atoms with Gasteiger partial charge in [-0.15, -0.1) is 0 Å². The van der Waals surface area contributed by atoms with Gasteiger partial charge in [0.1, 0.15) is 0 Å². The minimum Gasteiger partial charge on any atom is -0.381 e. The van der Waals surface area contributed by atoms with Crippen molar-refractivity contribution < 1.29 is 4.74 Å². The molecule has 0 aliphatic rings. The van der Waals surface area contributed by atoms with Crippen molar-refractivity contribution in [1.29, 1.82) is 0 Å². The third-order valence-electron chi connectivity index (χ3n) is 3.75. The fourth-order valence-corrected chi connectivity index (χ4v) is 3.59. The largest absolute Gasteiger partial charge is 0.381 e. The van der Waals surface area contributed by atoms with Gasteiger partial charge in [-0.1, -0.05) is 92.5 Å². The third-order valence-corrected chi connectivity index (χ3v) is 5.31. The molecular formula is C20H24Br2O. The van der Waals surface area contributed by atoms with Gasteiger partial charge in [0, 0.05) is 22.9 Å². The van der Waals surface area contributed by atoms with E-state index in [1.165, 1.54) is 11.1 Å². The second-order valence-corrected chi connectivity index (χ2v) is 8.35. The van der Waals surface area contributed by atoms with Crippen molar-refractivity contribution >= 4 is 31.9 Å². The molecule has 2 rings (SSSR count). The molecule has 2 aromatic rings. The molecule has 2 atom stereocenters. The summed E-state index contributed by atoms with van der Waals surface area (Å²) in [5.74, 6) is 0. The fraction of sp³-hybridized carbons (Fsp3) is 0.400. The minimum atomic E-state index is 0.481. The molecule has 0 N–H and O–H groups in total. The molecule has 23 heavy (non-hydrogen) atoms. The minimum absolute atomic E-state index is 0.481. The van der Waals surface area contributed by atoms with E-state index >= 15 is 0 Å². The maximum atomic E-state index is 5.79. The Bertz CT molecular complexity index is 480. The first-order valence-corrected chi connectivity index (χ1v) is 10.0. The topological polar surface area (TPSA) is 9.23 Å². The maximum Gasteiger partial charge on any atom is 0.0476 e. The molecule has 1 nitrogen and oxygen atoms in total. The van der Waals surface area contributed by atoms with Gasteiger partial charge in [-0.3, -0.25) is 0 Å². The highest BCUT2D eigenvalue weighted by Crippen LogP contribution is 2.15. The Morgan fingerprint density at radius 2 is 1.04 bits per heavy atom. The smallest absolute Gasteiger partial charge is 0.0476 e. The van der Waals surface area contributed by atoms with Gasteiger partial charge in [0.25, 0.3) is 0 Å². The zero-order valence-electron chi connectivity index (χ0n) is 13.3. The number of rotatable bonds is 10. The molecule has 2 aromatic carbocycles. The van der Waals surface area contributed by atoms with E-state index in [4.69, 9.17) is 4.74 Å². The first kappa shape index (κ1) is 18.7. The SMILES string of the molecule is Br[C@@H](CCOCC[C@H](Br)Cc1ccccc1)Cc1ccccc1. The lowest BCUT2D eigenvalue weighted by molar-refractivity contribution is 0.129. The van der Waals surface area contributed by atoms with Crippen LogP contribution in [0.2, 0.25) is 0 Å². The van der Waals surface area contributed by atoms with Gasteiger partial charge in [-0.25, -0.2) is 0 Å². The van der Waals surface area contributed by atoms with Crippen LogP contribution in [0.5, 0.6) is 0 Å². The Morgan fingerprint density at radius 3 is 1.43 bits per heavy atom. The van der Waals surface area contributed by atoms with Gasteiger partial charge >= 0.3 is 0 Å². The van der Waals surface area contributed by atoms with Crippen LogP contribution in [-0.2, 0) is 17.6 Å². The predicted octanol–water partition coefficient (Wildman–Crippen LogP) is 5.80.